The number of aromatic nitrogens is 3. The van der Waals surface area contributed by atoms with Crippen molar-refractivity contribution in [3.05, 3.63) is 46.9 Å². The number of carbonyl (C=O) groups is 1. The van der Waals surface area contributed by atoms with Crippen molar-refractivity contribution in [3.8, 4) is 17.3 Å². The molecule has 1 aromatic carbocycles. The molecular formula is C18H17N5O2S. The molecule has 1 N–H and O–H groups in total. The second-order valence-electron chi connectivity index (χ2n) is 5.61. The molecule has 0 aliphatic heterocycles. The normalized spacial score (nSPS) is 10.7. The first-order valence-electron chi connectivity index (χ1n) is 7.94. The van der Waals surface area contributed by atoms with E-state index in [0.29, 0.717) is 33.5 Å². The highest BCUT2D eigenvalue weighted by atomic mass is 32.1. The van der Waals surface area contributed by atoms with Gasteiger partial charge in [0.05, 0.1) is 19.1 Å². The molecule has 0 spiro atoms. The number of carbonyl (C=O) groups excluding carboxylic acids is 1. The van der Waals surface area contributed by atoms with Crippen molar-refractivity contribution in [2.24, 2.45) is 0 Å². The third kappa shape index (κ3) is 3.10. The van der Waals surface area contributed by atoms with Crippen LogP contribution in [0.4, 0.5) is 0 Å². The molecule has 0 aliphatic rings. The van der Waals surface area contributed by atoms with Crippen LogP contribution < -0.4 is 0 Å². The van der Waals surface area contributed by atoms with E-state index in [1.165, 1.54) is 18.5 Å². The lowest BCUT2D eigenvalue weighted by Crippen LogP contribution is -2.26. The number of benzene rings is 1. The van der Waals surface area contributed by atoms with Gasteiger partial charge in [-0.2, -0.15) is 5.26 Å². The molecule has 0 bridgehead atoms. The van der Waals surface area contributed by atoms with Crippen molar-refractivity contribution >= 4 is 29.2 Å². The molecule has 0 atom stereocenters. The Morgan fingerprint density at radius 1 is 1.42 bits per heavy atom. The van der Waals surface area contributed by atoms with Crippen molar-refractivity contribution < 1.29 is 9.63 Å². The maximum absolute atomic E-state index is 12.2. The summed E-state index contributed by atoms with van der Waals surface area (Å²) in [6.07, 6.45) is 1.68. The third-order valence-corrected chi connectivity index (χ3v) is 4.49. The van der Waals surface area contributed by atoms with Crippen LogP contribution in [-0.2, 0) is 16.2 Å². The molecule has 2 aromatic heterocycles. The number of amides is 1. The number of rotatable bonds is 5. The van der Waals surface area contributed by atoms with Gasteiger partial charge in [-0.25, -0.2) is 10.0 Å². The summed E-state index contributed by atoms with van der Waals surface area (Å²) in [5.41, 5.74) is 3.19. The van der Waals surface area contributed by atoms with Crippen LogP contribution in [0.2, 0.25) is 0 Å². The first-order valence-corrected chi connectivity index (χ1v) is 8.35. The standard InChI is InChI=1S/C18H17N5O2S/c1-22(25-2)14(24)8-9-23-16(12-6-4-3-5-7-12)13(10-19)15-17(23)18(26)21-11-20-15/h3-7,11H,8-9H2,1-2H3,(H,20,21,26). The number of hydrogen-bond acceptors (Lipinski definition) is 5. The summed E-state index contributed by atoms with van der Waals surface area (Å²) in [5, 5.41) is 10.9. The van der Waals surface area contributed by atoms with E-state index in [2.05, 4.69) is 16.0 Å². The van der Waals surface area contributed by atoms with E-state index >= 15 is 0 Å². The number of H-pyrrole nitrogens is 1. The zero-order valence-electron chi connectivity index (χ0n) is 14.4. The van der Waals surface area contributed by atoms with Crippen molar-refractivity contribution in [1.29, 1.82) is 5.26 Å². The zero-order chi connectivity index (χ0) is 18.7. The number of aryl methyl sites for hydroxylation is 1. The average molecular weight is 367 g/mol. The predicted molar refractivity (Wildman–Crippen MR) is 99.5 cm³/mol. The fraction of sp³-hybridized carbons (Fsp3) is 0.222. The first kappa shape index (κ1) is 17.8. The van der Waals surface area contributed by atoms with Gasteiger partial charge in [0.15, 0.2) is 0 Å². The van der Waals surface area contributed by atoms with Crippen LogP contribution >= 0.6 is 12.2 Å². The van der Waals surface area contributed by atoms with E-state index in [9.17, 15) is 10.1 Å². The number of nitriles is 1. The van der Waals surface area contributed by atoms with Gasteiger partial charge in [0.1, 0.15) is 27.3 Å². The molecule has 8 heteroatoms. The highest BCUT2D eigenvalue weighted by Crippen LogP contribution is 2.32. The maximum atomic E-state index is 12.2. The molecule has 0 saturated carbocycles. The smallest absolute Gasteiger partial charge is 0.247 e. The van der Waals surface area contributed by atoms with Gasteiger partial charge in [0.25, 0.3) is 0 Å². The highest BCUT2D eigenvalue weighted by molar-refractivity contribution is 7.71. The topological polar surface area (TPSA) is 86.9 Å². The van der Waals surface area contributed by atoms with E-state index in [1.807, 2.05) is 34.9 Å². The number of hydrogen-bond donors (Lipinski definition) is 1. The van der Waals surface area contributed by atoms with Crippen LogP contribution in [0, 0.1) is 16.0 Å². The minimum atomic E-state index is -0.175. The van der Waals surface area contributed by atoms with E-state index in [4.69, 9.17) is 17.1 Å². The summed E-state index contributed by atoms with van der Waals surface area (Å²) in [7, 11) is 3.00. The van der Waals surface area contributed by atoms with Crippen molar-refractivity contribution in [2.45, 2.75) is 13.0 Å². The molecule has 132 valence electrons. The monoisotopic (exact) mass is 367 g/mol. The van der Waals surface area contributed by atoms with Crippen molar-refractivity contribution in [3.63, 3.8) is 0 Å². The predicted octanol–water partition coefficient (Wildman–Crippen LogP) is 3.04. The Kier molecular flexibility index (Phi) is 5.11. The largest absolute Gasteiger partial charge is 0.336 e. The van der Waals surface area contributed by atoms with Gasteiger partial charge in [-0.05, 0) is 5.56 Å². The Labute approximate surface area is 155 Å². The van der Waals surface area contributed by atoms with E-state index in [0.717, 1.165) is 5.56 Å². The summed E-state index contributed by atoms with van der Waals surface area (Å²) < 4.78 is 2.36. The van der Waals surface area contributed by atoms with Crippen LogP contribution in [-0.4, -0.2) is 39.7 Å². The van der Waals surface area contributed by atoms with Gasteiger partial charge in [-0.15, -0.1) is 0 Å². The van der Waals surface area contributed by atoms with Crippen LogP contribution in [0.1, 0.15) is 12.0 Å². The molecule has 0 radical (unpaired) electrons. The van der Waals surface area contributed by atoms with Gasteiger partial charge in [-0.1, -0.05) is 42.5 Å². The molecule has 7 nitrogen and oxygen atoms in total. The minimum absolute atomic E-state index is 0.175. The number of hydroxylamine groups is 2. The Balaban J connectivity index is 2.21. The summed E-state index contributed by atoms with van der Waals surface area (Å²) in [4.78, 5) is 24.3. The zero-order valence-corrected chi connectivity index (χ0v) is 15.2. The lowest BCUT2D eigenvalue weighted by atomic mass is 10.1. The highest BCUT2D eigenvalue weighted by Gasteiger charge is 2.21. The van der Waals surface area contributed by atoms with Gasteiger partial charge < -0.3 is 9.55 Å². The van der Waals surface area contributed by atoms with Crippen LogP contribution in [0.15, 0.2) is 36.7 Å². The van der Waals surface area contributed by atoms with Crippen molar-refractivity contribution in [1.82, 2.24) is 19.6 Å². The number of nitrogens with zero attached hydrogens (tertiary/aromatic N) is 4. The fourth-order valence-electron chi connectivity index (χ4n) is 2.88. The molecule has 0 saturated heterocycles. The summed E-state index contributed by atoms with van der Waals surface area (Å²) >= 11 is 5.42. The number of nitrogens with one attached hydrogen (secondary N) is 1. The Hall–Kier alpha value is -3.02. The van der Waals surface area contributed by atoms with E-state index < -0.39 is 0 Å². The van der Waals surface area contributed by atoms with E-state index in [-0.39, 0.29) is 12.3 Å². The van der Waals surface area contributed by atoms with Crippen molar-refractivity contribution in [2.75, 3.05) is 14.2 Å². The molecule has 0 fully saturated rings. The van der Waals surface area contributed by atoms with Crippen LogP contribution in [0.25, 0.3) is 22.3 Å². The number of aromatic amines is 1. The van der Waals surface area contributed by atoms with Gasteiger partial charge in [0, 0.05) is 20.0 Å². The summed E-state index contributed by atoms with van der Waals surface area (Å²) in [5.74, 6) is -0.175. The second-order valence-corrected chi connectivity index (χ2v) is 6.01. The SMILES string of the molecule is CON(C)C(=O)CCn1c(-c2ccccc2)c(C#N)c2nc[nH]c(=S)c21. The quantitative estimate of drug-likeness (QED) is 0.553. The lowest BCUT2D eigenvalue weighted by molar-refractivity contribution is -0.168. The van der Waals surface area contributed by atoms with Crippen LogP contribution in [0.3, 0.4) is 0 Å². The Morgan fingerprint density at radius 2 is 2.15 bits per heavy atom. The Bertz CT molecular complexity index is 1050. The maximum Gasteiger partial charge on any atom is 0.247 e. The average Bonchev–Trinajstić information content (AvgIpc) is 3.00. The van der Waals surface area contributed by atoms with Gasteiger partial charge >= 0.3 is 0 Å². The number of fused-ring (bicyclic) bond motifs is 1. The van der Waals surface area contributed by atoms with Crippen LogP contribution in [0.5, 0.6) is 0 Å². The summed E-state index contributed by atoms with van der Waals surface area (Å²) in [6, 6.07) is 11.8. The Morgan fingerprint density at radius 3 is 2.81 bits per heavy atom. The molecule has 0 unspecified atom stereocenters. The lowest BCUT2D eigenvalue weighted by Gasteiger charge is -2.15. The second kappa shape index (κ2) is 7.47. The van der Waals surface area contributed by atoms with Gasteiger partial charge in [-0.3, -0.25) is 9.63 Å². The first-order chi connectivity index (χ1) is 12.6. The molecule has 3 aromatic rings. The molecule has 3 rings (SSSR count). The molecule has 2 heterocycles. The molecule has 26 heavy (non-hydrogen) atoms. The summed E-state index contributed by atoms with van der Waals surface area (Å²) in [6.45, 7) is 0.345. The molecule has 0 aliphatic carbocycles. The minimum Gasteiger partial charge on any atom is -0.336 e. The molecule has 1 amide bonds. The third-order valence-electron chi connectivity index (χ3n) is 4.18. The molecular weight excluding hydrogens is 350 g/mol. The van der Waals surface area contributed by atoms with Gasteiger partial charge in [0.2, 0.25) is 5.91 Å². The fourth-order valence-corrected chi connectivity index (χ4v) is 3.14. The van der Waals surface area contributed by atoms with E-state index in [1.54, 1.807) is 7.05 Å².